The van der Waals surface area contributed by atoms with E-state index in [0.717, 1.165) is 5.56 Å². The topological polar surface area (TPSA) is 66.0 Å². The highest BCUT2D eigenvalue weighted by atomic mass is 127. The first-order chi connectivity index (χ1) is 11.7. The van der Waals surface area contributed by atoms with E-state index in [1.165, 1.54) is 13.2 Å². The number of rotatable bonds is 6. The fourth-order valence-corrected chi connectivity index (χ4v) is 2.32. The smallest absolute Gasteiger partial charge is 0.240 e. The van der Waals surface area contributed by atoms with Gasteiger partial charge >= 0.3 is 0 Å². The number of hydrogen-bond acceptors (Lipinski definition) is 3. The van der Waals surface area contributed by atoms with Crippen LogP contribution in [-0.4, -0.2) is 50.1 Å². The van der Waals surface area contributed by atoms with Gasteiger partial charge in [0.2, 0.25) is 5.91 Å². The SMILES string of the molecule is CN=C(NCc1ccc(F)c(COC)c1)N(C)CC(=O)NC(C)(C)C.I. The van der Waals surface area contributed by atoms with Crippen molar-refractivity contribution >= 4 is 35.8 Å². The lowest BCUT2D eigenvalue weighted by molar-refractivity contribution is -0.122. The molecular weight excluding hydrogens is 450 g/mol. The van der Waals surface area contributed by atoms with E-state index in [0.29, 0.717) is 18.1 Å². The van der Waals surface area contributed by atoms with Gasteiger partial charge < -0.3 is 20.3 Å². The van der Waals surface area contributed by atoms with Crippen LogP contribution in [0.3, 0.4) is 0 Å². The first-order valence-corrected chi connectivity index (χ1v) is 8.15. The Morgan fingerprint density at radius 2 is 2.00 bits per heavy atom. The number of carbonyl (C=O) groups excluding carboxylic acids is 1. The quantitative estimate of drug-likeness (QED) is 0.373. The molecule has 6 nitrogen and oxygen atoms in total. The molecule has 0 saturated heterocycles. The Kier molecular flexibility index (Phi) is 10.7. The van der Waals surface area contributed by atoms with E-state index in [9.17, 15) is 9.18 Å². The molecule has 0 atom stereocenters. The van der Waals surface area contributed by atoms with Crippen LogP contribution >= 0.6 is 24.0 Å². The molecule has 0 aromatic heterocycles. The summed E-state index contributed by atoms with van der Waals surface area (Å²) in [4.78, 5) is 17.9. The van der Waals surface area contributed by atoms with Crippen LogP contribution in [0.5, 0.6) is 0 Å². The summed E-state index contributed by atoms with van der Waals surface area (Å²) < 4.78 is 18.6. The molecule has 0 bridgehead atoms. The van der Waals surface area contributed by atoms with Crippen LogP contribution in [0.4, 0.5) is 4.39 Å². The average Bonchev–Trinajstić information content (AvgIpc) is 2.49. The van der Waals surface area contributed by atoms with Crippen LogP contribution in [0, 0.1) is 5.82 Å². The number of methoxy groups -OCH3 is 1. The van der Waals surface area contributed by atoms with Gasteiger partial charge in [-0.05, 0) is 38.5 Å². The van der Waals surface area contributed by atoms with Crippen molar-refractivity contribution in [3.05, 3.63) is 35.1 Å². The van der Waals surface area contributed by atoms with E-state index in [2.05, 4.69) is 15.6 Å². The fraction of sp³-hybridized carbons (Fsp3) is 0.556. The van der Waals surface area contributed by atoms with E-state index in [1.54, 1.807) is 31.1 Å². The lowest BCUT2D eigenvalue weighted by Crippen LogP contribution is -2.48. The number of ether oxygens (including phenoxy) is 1. The van der Waals surface area contributed by atoms with Crippen molar-refractivity contribution in [1.29, 1.82) is 0 Å². The molecule has 148 valence electrons. The van der Waals surface area contributed by atoms with Crippen molar-refractivity contribution in [3.8, 4) is 0 Å². The van der Waals surface area contributed by atoms with Gasteiger partial charge in [-0.2, -0.15) is 0 Å². The molecule has 1 rings (SSSR count). The Hall–Kier alpha value is -1.42. The number of benzene rings is 1. The Bertz CT molecular complexity index is 618. The molecule has 0 aliphatic rings. The van der Waals surface area contributed by atoms with Crippen molar-refractivity contribution in [2.75, 3.05) is 27.7 Å². The predicted molar refractivity (Wildman–Crippen MR) is 113 cm³/mol. The Balaban J connectivity index is 0.00000625. The molecular formula is C18H30FIN4O2. The number of likely N-dealkylation sites (N-methyl/N-ethyl adjacent to an activating group) is 1. The lowest BCUT2D eigenvalue weighted by Gasteiger charge is -2.25. The average molecular weight is 480 g/mol. The van der Waals surface area contributed by atoms with Gasteiger partial charge in [0.15, 0.2) is 5.96 Å². The molecule has 1 aromatic carbocycles. The summed E-state index contributed by atoms with van der Waals surface area (Å²) >= 11 is 0. The summed E-state index contributed by atoms with van der Waals surface area (Å²) in [5.74, 6) is 0.217. The zero-order chi connectivity index (χ0) is 19.0. The first kappa shape index (κ1) is 24.6. The number of nitrogens with zero attached hydrogens (tertiary/aromatic N) is 2. The Labute approximate surface area is 172 Å². The maximum Gasteiger partial charge on any atom is 0.240 e. The molecule has 0 aliphatic carbocycles. The summed E-state index contributed by atoms with van der Waals surface area (Å²) in [6.07, 6.45) is 0. The van der Waals surface area contributed by atoms with E-state index in [1.807, 2.05) is 20.8 Å². The highest BCUT2D eigenvalue weighted by molar-refractivity contribution is 14.0. The standard InChI is InChI=1S/C18H29FN4O2.HI/c1-18(2,3)22-16(24)11-23(5)17(20-4)21-10-13-7-8-15(19)14(9-13)12-25-6;/h7-9H,10-12H2,1-6H3,(H,20,21)(H,22,24);1H. The molecule has 0 saturated carbocycles. The highest BCUT2D eigenvalue weighted by Gasteiger charge is 2.16. The molecule has 0 heterocycles. The maximum atomic E-state index is 13.7. The second-order valence-corrected chi connectivity index (χ2v) is 6.91. The predicted octanol–water partition coefficient (Wildman–Crippen LogP) is 2.51. The monoisotopic (exact) mass is 480 g/mol. The van der Waals surface area contributed by atoms with Gasteiger partial charge in [-0.25, -0.2) is 4.39 Å². The summed E-state index contributed by atoms with van der Waals surface area (Å²) in [7, 11) is 4.98. The molecule has 1 amide bonds. The number of nitrogens with one attached hydrogen (secondary N) is 2. The first-order valence-electron chi connectivity index (χ1n) is 8.15. The summed E-state index contributed by atoms with van der Waals surface area (Å²) in [6.45, 7) is 6.68. The minimum atomic E-state index is -0.286. The van der Waals surface area contributed by atoms with Crippen LogP contribution in [0.2, 0.25) is 0 Å². The third kappa shape index (κ3) is 8.79. The van der Waals surface area contributed by atoms with E-state index in [-0.39, 0.29) is 54.4 Å². The van der Waals surface area contributed by atoms with Crippen molar-refractivity contribution in [2.45, 2.75) is 39.5 Å². The highest BCUT2D eigenvalue weighted by Crippen LogP contribution is 2.11. The van der Waals surface area contributed by atoms with Crippen molar-refractivity contribution in [3.63, 3.8) is 0 Å². The van der Waals surface area contributed by atoms with Gasteiger partial charge in [0.25, 0.3) is 0 Å². The van der Waals surface area contributed by atoms with E-state index >= 15 is 0 Å². The molecule has 0 spiro atoms. The number of amides is 1. The van der Waals surface area contributed by atoms with Gasteiger partial charge in [-0.1, -0.05) is 6.07 Å². The molecule has 0 unspecified atom stereocenters. The normalized spacial score (nSPS) is 11.6. The number of aliphatic imine (C=N–C) groups is 1. The third-order valence-electron chi connectivity index (χ3n) is 3.33. The van der Waals surface area contributed by atoms with E-state index < -0.39 is 0 Å². The number of carbonyl (C=O) groups is 1. The zero-order valence-corrected chi connectivity index (χ0v) is 18.7. The zero-order valence-electron chi connectivity index (χ0n) is 16.4. The molecule has 2 N–H and O–H groups in total. The molecule has 0 radical (unpaired) electrons. The summed E-state index contributed by atoms with van der Waals surface area (Å²) in [5.41, 5.74) is 1.14. The number of hydrogen-bond donors (Lipinski definition) is 2. The van der Waals surface area contributed by atoms with Gasteiger partial charge in [-0.15, -0.1) is 24.0 Å². The van der Waals surface area contributed by atoms with Crippen LogP contribution in [0.25, 0.3) is 0 Å². The molecule has 8 heteroatoms. The minimum absolute atomic E-state index is 0. The van der Waals surface area contributed by atoms with Crippen LogP contribution < -0.4 is 10.6 Å². The van der Waals surface area contributed by atoms with Gasteiger partial charge in [0, 0.05) is 38.9 Å². The Morgan fingerprint density at radius 3 is 2.54 bits per heavy atom. The largest absolute Gasteiger partial charge is 0.380 e. The van der Waals surface area contributed by atoms with Crippen LogP contribution in [0.15, 0.2) is 23.2 Å². The lowest BCUT2D eigenvalue weighted by atomic mass is 10.1. The minimum Gasteiger partial charge on any atom is -0.380 e. The van der Waals surface area contributed by atoms with Gasteiger partial charge in [0.1, 0.15) is 5.82 Å². The van der Waals surface area contributed by atoms with Gasteiger partial charge in [0.05, 0.1) is 13.2 Å². The summed E-state index contributed by atoms with van der Waals surface area (Å²) in [5, 5.41) is 6.09. The van der Waals surface area contributed by atoms with Crippen molar-refractivity contribution in [2.24, 2.45) is 4.99 Å². The second kappa shape index (κ2) is 11.3. The van der Waals surface area contributed by atoms with Crippen LogP contribution in [0.1, 0.15) is 31.9 Å². The fourth-order valence-electron chi connectivity index (χ4n) is 2.32. The van der Waals surface area contributed by atoms with E-state index in [4.69, 9.17) is 4.74 Å². The molecule has 0 fully saturated rings. The molecule has 0 aliphatic heterocycles. The van der Waals surface area contributed by atoms with Crippen LogP contribution in [-0.2, 0) is 22.7 Å². The summed E-state index contributed by atoms with van der Waals surface area (Å²) in [6, 6.07) is 4.89. The molecule has 26 heavy (non-hydrogen) atoms. The number of halogens is 2. The molecule has 1 aromatic rings. The third-order valence-corrected chi connectivity index (χ3v) is 3.33. The second-order valence-electron chi connectivity index (χ2n) is 6.91. The van der Waals surface area contributed by atoms with Crippen molar-refractivity contribution < 1.29 is 13.9 Å². The van der Waals surface area contributed by atoms with Gasteiger partial charge in [-0.3, -0.25) is 9.79 Å². The van der Waals surface area contributed by atoms with Crippen molar-refractivity contribution in [1.82, 2.24) is 15.5 Å². The number of guanidine groups is 1. The maximum absolute atomic E-state index is 13.7. The Morgan fingerprint density at radius 1 is 1.35 bits per heavy atom.